The summed E-state index contributed by atoms with van der Waals surface area (Å²) >= 11 is 0. The van der Waals surface area contributed by atoms with E-state index in [9.17, 15) is 14.4 Å². The summed E-state index contributed by atoms with van der Waals surface area (Å²) in [6.45, 7) is 3.32. The lowest BCUT2D eigenvalue weighted by molar-refractivity contribution is 0.0949. The zero-order valence-electron chi connectivity index (χ0n) is 20.5. The minimum absolute atomic E-state index is 0.0870. The molecule has 0 spiro atoms. The molecule has 2 aliphatic heterocycles. The van der Waals surface area contributed by atoms with E-state index in [-0.39, 0.29) is 17.2 Å². The Bertz CT molecular complexity index is 1430. The number of aromatic nitrogens is 1. The van der Waals surface area contributed by atoms with Crippen molar-refractivity contribution in [2.24, 2.45) is 4.99 Å². The Morgan fingerprint density at radius 3 is 2.56 bits per heavy atom. The Morgan fingerprint density at radius 1 is 1.11 bits per heavy atom. The maximum Gasteiger partial charge on any atom is 0.262 e. The fourth-order valence-electron chi connectivity index (χ4n) is 4.62. The first-order valence-electron chi connectivity index (χ1n) is 11.5. The van der Waals surface area contributed by atoms with Crippen molar-refractivity contribution in [3.05, 3.63) is 71.2 Å². The minimum Gasteiger partial charge on any atom is -0.494 e. The van der Waals surface area contributed by atoms with E-state index >= 15 is 0 Å². The van der Waals surface area contributed by atoms with Crippen LogP contribution in [0.2, 0.25) is 0 Å². The third-order valence-electron chi connectivity index (χ3n) is 6.59. The number of aliphatic imine (C=N–C) groups is 1. The lowest BCUT2D eigenvalue weighted by atomic mass is 9.99. The van der Waals surface area contributed by atoms with Gasteiger partial charge in [-0.15, -0.1) is 0 Å². The Balaban J connectivity index is 1.80. The number of piperazine rings is 1. The first-order valence-corrected chi connectivity index (χ1v) is 11.5. The maximum absolute atomic E-state index is 14.8. The second kappa shape index (κ2) is 9.06. The molecule has 2 aromatic carbocycles. The Morgan fingerprint density at radius 2 is 1.89 bits per heavy atom. The van der Waals surface area contributed by atoms with Gasteiger partial charge in [-0.05, 0) is 49.9 Å². The molecule has 8 nitrogen and oxygen atoms in total. The summed E-state index contributed by atoms with van der Waals surface area (Å²) in [6, 6.07) is 13.6. The summed E-state index contributed by atoms with van der Waals surface area (Å²) in [4.78, 5) is 29.4. The molecule has 0 aliphatic carbocycles. The van der Waals surface area contributed by atoms with Gasteiger partial charge in [0, 0.05) is 43.7 Å². The number of methoxy groups -OCH3 is 1. The number of nitriles is 1. The van der Waals surface area contributed by atoms with Crippen molar-refractivity contribution >= 4 is 23.1 Å². The number of amides is 1. The number of likely N-dealkylation sites (N-methyl/N-ethyl adjacent to an activating group) is 2. The zero-order valence-corrected chi connectivity index (χ0v) is 20.5. The van der Waals surface area contributed by atoms with Gasteiger partial charge >= 0.3 is 0 Å². The summed E-state index contributed by atoms with van der Waals surface area (Å²) in [7, 11) is 5.23. The van der Waals surface area contributed by atoms with Gasteiger partial charge in [0.2, 0.25) is 0 Å². The summed E-state index contributed by atoms with van der Waals surface area (Å²) in [5, 5.41) is 9.77. The van der Waals surface area contributed by atoms with E-state index in [0.717, 1.165) is 5.56 Å². The second-order valence-electron chi connectivity index (χ2n) is 8.99. The number of aryl methyl sites for hydroxylation is 1. The molecule has 36 heavy (non-hydrogen) atoms. The van der Waals surface area contributed by atoms with Crippen molar-refractivity contribution in [3.8, 4) is 23.1 Å². The van der Waals surface area contributed by atoms with Crippen molar-refractivity contribution in [1.82, 2.24) is 14.8 Å². The van der Waals surface area contributed by atoms with Crippen molar-refractivity contribution in [2.75, 3.05) is 39.2 Å². The predicted molar refractivity (Wildman–Crippen MR) is 135 cm³/mol. The van der Waals surface area contributed by atoms with Crippen LogP contribution >= 0.6 is 0 Å². The van der Waals surface area contributed by atoms with Crippen LogP contribution in [-0.2, 0) is 0 Å². The molecule has 0 saturated carbocycles. The molecule has 0 bridgehead atoms. The number of halogens is 1. The van der Waals surface area contributed by atoms with Crippen LogP contribution in [0.15, 0.2) is 53.7 Å². The van der Waals surface area contributed by atoms with E-state index in [1.165, 1.54) is 24.1 Å². The number of hydrogen-bond donors (Lipinski definition) is 0. The normalized spacial score (nSPS) is 17.6. The van der Waals surface area contributed by atoms with Crippen LogP contribution in [0, 0.1) is 24.1 Å². The number of fused-ring (bicyclic) bond motifs is 2. The maximum atomic E-state index is 14.8. The highest BCUT2D eigenvalue weighted by molar-refractivity contribution is 6.17. The van der Waals surface area contributed by atoms with Crippen LogP contribution < -0.4 is 9.64 Å². The van der Waals surface area contributed by atoms with E-state index in [1.807, 2.05) is 43.0 Å². The number of pyridine rings is 1. The van der Waals surface area contributed by atoms with E-state index in [0.29, 0.717) is 47.1 Å². The number of ether oxygens (including phenoxy) is 1. The minimum atomic E-state index is -0.583. The van der Waals surface area contributed by atoms with Crippen molar-refractivity contribution in [2.45, 2.75) is 13.1 Å². The number of rotatable bonds is 3. The molecule has 0 radical (unpaired) electrons. The van der Waals surface area contributed by atoms with Crippen LogP contribution in [0.4, 0.5) is 15.8 Å². The molecule has 1 saturated heterocycles. The fraction of sp³-hybridized carbons (Fsp3) is 0.259. The van der Waals surface area contributed by atoms with Gasteiger partial charge in [-0.2, -0.15) is 5.26 Å². The molecule has 1 amide bonds. The Kier molecular flexibility index (Phi) is 5.90. The molecular formula is C27H25FN6O2. The Labute approximate surface area is 208 Å². The van der Waals surface area contributed by atoms with Crippen LogP contribution in [0.5, 0.6) is 5.75 Å². The molecule has 1 fully saturated rings. The van der Waals surface area contributed by atoms with Gasteiger partial charge in [-0.3, -0.25) is 19.6 Å². The van der Waals surface area contributed by atoms with Crippen molar-refractivity contribution < 1.29 is 13.9 Å². The standard InChI is InChI=1S/C27H25FN6O2/c1-16-5-7-22(30-15-16)19-11-17(14-29)12-20-24(19)31-25-26(33(3)10-9-32(25)2)34(27(20)35)18-6-8-23(36-4)21(28)13-18/h5-8,11-13,15,26H,9-10H2,1-4H3. The number of hydrogen-bond acceptors (Lipinski definition) is 7. The van der Waals surface area contributed by atoms with Gasteiger partial charge in [0.15, 0.2) is 11.6 Å². The molecule has 9 heteroatoms. The van der Waals surface area contributed by atoms with Gasteiger partial charge in [0.05, 0.1) is 35.7 Å². The lowest BCUT2D eigenvalue weighted by Crippen LogP contribution is -2.62. The third kappa shape index (κ3) is 3.85. The molecule has 1 unspecified atom stereocenters. The van der Waals surface area contributed by atoms with E-state index in [2.05, 4.69) is 11.1 Å². The van der Waals surface area contributed by atoms with E-state index in [4.69, 9.17) is 9.73 Å². The topological polar surface area (TPSA) is 85.1 Å². The third-order valence-corrected chi connectivity index (χ3v) is 6.59. The van der Waals surface area contributed by atoms with Crippen molar-refractivity contribution in [3.63, 3.8) is 0 Å². The van der Waals surface area contributed by atoms with Crippen LogP contribution in [-0.4, -0.2) is 67.0 Å². The average molecular weight is 485 g/mol. The highest BCUT2D eigenvalue weighted by atomic mass is 19.1. The zero-order chi connectivity index (χ0) is 25.6. The highest BCUT2D eigenvalue weighted by Gasteiger charge is 2.41. The SMILES string of the molecule is COc1ccc(N2C(=O)c3cc(C#N)cc(-c4ccc(C)cn4)c3N=C3C2N(C)CCN3C)cc1F. The quantitative estimate of drug-likeness (QED) is 0.559. The number of anilines is 1. The smallest absolute Gasteiger partial charge is 0.262 e. The lowest BCUT2D eigenvalue weighted by Gasteiger charge is -2.44. The number of carbonyl (C=O) groups excluding carboxylic acids is 1. The molecule has 0 N–H and O–H groups in total. The average Bonchev–Trinajstić information content (AvgIpc) is 3.01. The predicted octanol–water partition coefficient (Wildman–Crippen LogP) is 3.97. The van der Waals surface area contributed by atoms with E-state index < -0.39 is 12.0 Å². The number of benzene rings is 2. The molecule has 1 atom stereocenters. The molecule has 182 valence electrons. The molecule has 2 aliphatic rings. The number of nitrogens with zero attached hydrogens (tertiary/aromatic N) is 6. The largest absolute Gasteiger partial charge is 0.494 e. The van der Waals surface area contributed by atoms with Gasteiger partial charge in [0.25, 0.3) is 5.91 Å². The Hall–Kier alpha value is -4.29. The first-order chi connectivity index (χ1) is 17.3. The first kappa shape index (κ1) is 23.5. The van der Waals surface area contributed by atoms with Gasteiger partial charge in [0.1, 0.15) is 12.0 Å². The van der Waals surface area contributed by atoms with Gasteiger partial charge < -0.3 is 9.64 Å². The van der Waals surface area contributed by atoms with Crippen LogP contribution in [0.3, 0.4) is 0 Å². The molecule has 5 rings (SSSR count). The molecule has 3 aromatic rings. The highest BCUT2D eigenvalue weighted by Crippen LogP contribution is 2.40. The second-order valence-corrected chi connectivity index (χ2v) is 8.99. The number of carbonyl (C=O) groups is 1. The van der Waals surface area contributed by atoms with Gasteiger partial charge in [-0.25, -0.2) is 9.38 Å². The van der Waals surface area contributed by atoms with Crippen molar-refractivity contribution in [1.29, 1.82) is 5.26 Å². The number of amidine groups is 1. The summed E-state index contributed by atoms with van der Waals surface area (Å²) < 4.78 is 19.9. The van der Waals surface area contributed by atoms with Crippen LogP contribution in [0.25, 0.3) is 11.3 Å². The summed E-state index contributed by atoms with van der Waals surface area (Å²) in [5.41, 5.74) is 3.56. The van der Waals surface area contributed by atoms with Gasteiger partial charge in [-0.1, -0.05) is 6.07 Å². The van der Waals surface area contributed by atoms with Crippen LogP contribution in [0.1, 0.15) is 21.5 Å². The summed E-state index contributed by atoms with van der Waals surface area (Å²) in [5.74, 6) is -0.229. The monoisotopic (exact) mass is 484 g/mol. The molecule has 3 heterocycles. The fourth-order valence-corrected chi connectivity index (χ4v) is 4.62. The molecule has 1 aromatic heterocycles. The molecular weight excluding hydrogens is 459 g/mol. The summed E-state index contributed by atoms with van der Waals surface area (Å²) in [6.07, 6.45) is 1.16. The van der Waals surface area contributed by atoms with E-state index in [1.54, 1.807) is 24.4 Å².